The number of hydrogen-bond donors (Lipinski definition) is 1. The maximum Gasteiger partial charge on any atom is 0.247 e. The van der Waals surface area contributed by atoms with Gasteiger partial charge >= 0.3 is 0 Å². The molecule has 0 radical (unpaired) electrons. The fourth-order valence-electron chi connectivity index (χ4n) is 2.96. The monoisotopic (exact) mass is 316 g/mol. The van der Waals surface area contributed by atoms with Crippen LogP contribution >= 0.6 is 11.3 Å². The van der Waals surface area contributed by atoms with Crippen molar-refractivity contribution in [1.29, 1.82) is 0 Å². The van der Waals surface area contributed by atoms with Crippen molar-refractivity contribution in [3.8, 4) is 0 Å². The van der Waals surface area contributed by atoms with Crippen molar-refractivity contribution >= 4 is 17.2 Å². The van der Waals surface area contributed by atoms with Gasteiger partial charge in [0, 0.05) is 30.2 Å². The van der Waals surface area contributed by atoms with Crippen molar-refractivity contribution in [1.82, 2.24) is 9.88 Å². The molecule has 2 aromatic heterocycles. The summed E-state index contributed by atoms with van der Waals surface area (Å²) in [4.78, 5) is 29.2. The fourth-order valence-corrected chi connectivity index (χ4v) is 3.66. The van der Waals surface area contributed by atoms with E-state index < -0.39 is 0 Å². The average molecular weight is 316 g/mol. The van der Waals surface area contributed by atoms with Crippen molar-refractivity contribution in [3.05, 3.63) is 56.6 Å². The van der Waals surface area contributed by atoms with Crippen LogP contribution in [0.4, 0.5) is 0 Å². The Kier molecular flexibility index (Phi) is 4.73. The molecule has 1 aliphatic rings. The number of pyridine rings is 1. The van der Waals surface area contributed by atoms with Crippen LogP contribution in [0.25, 0.3) is 0 Å². The third kappa shape index (κ3) is 3.85. The topological polar surface area (TPSA) is 53.2 Å². The predicted octanol–water partition coefficient (Wildman–Crippen LogP) is 2.46. The number of rotatable bonds is 4. The summed E-state index contributed by atoms with van der Waals surface area (Å²) in [7, 11) is 0. The van der Waals surface area contributed by atoms with Crippen LogP contribution in [0.2, 0.25) is 0 Å². The highest BCUT2D eigenvalue weighted by atomic mass is 32.1. The number of thiophene rings is 1. The summed E-state index contributed by atoms with van der Waals surface area (Å²) in [6.07, 6.45) is 5.38. The van der Waals surface area contributed by atoms with Crippen LogP contribution in [-0.2, 0) is 17.6 Å². The standard InChI is InChI=1S/C17H20N2O2S/c20-16-4-3-14(12-18-16)10-13-5-7-19(8-6-13)17(21)11-15-2-1-9-22-15/h1-4,9,12-13H,5-8,10-11H2,(H,18,20). The summed E-state index contributed by atoms with van der Waals surface area (Å²) in [5.41, 5.74) is 1.11. The van der Waals surface area contributed by atoms with Gasteiger partial charge in [-0.2, -0.15) is 0 Å². The number of nitrogens with one attached hydrogen (secondary N) is 1. The van der Waals surface area contributed by atoms with E-state index in [1.807, 2.05) is 28.5 Å². The van der Waals surface area contributed by atoms with Gasteiger partial charge in [0.1, 0.15) is 0 Å². The van der Waals surface area contributed by atoms with Crippen LogP contribution in [0, 0.1) is 5.92 Å². The molecule has 0 spiro atoms. The van der Waals surface area contributed by atoms with Crippen molar-refractivity contribution in [2.24, 2.45) is 5.92 Å². The Morgan fingerprint density at radius 2 is 2.09 bits per heavy atom. The molecule has 3 heterocycles. The first-order valence-electron chi connectivity index (χ1n) is 7.68. The number of nitrogens with zero attached hydrogens (tertiary/aromatic N) is 1. The summed E-state index contributed by atoms with van der Waals surface area (Å²) < 4.78 is 0. The zero-order valence-electron chi connectivity index (χ0n) is 12.5. The summed E-state index contributed by atoms with van der Waals surface area (Å²) in [5, 5.41) is 2.01. The van der Waals surface area contributed by atoms with Crippen LogP contribution in [0.1, 0.15) is 23.3 Å². The zero-order chi connectivity index (χ0) is 15.4. The summed E-state index contributed by atoms with van der Waals surface area (Å²) in [6, 6.07) is 7.48. The Morgan fingerprint density at radius 1 is 1.27 bits per heavy atom. The summed E-state index contributed by atoms with van der Waals surface area (Å²) in [6.45, 7) is 1.69. The molecule has 0 atom stereocenters. The van der Waals surface area contributed by atoms with Gasteiger partial charge in [0.15, 0.2) is 0 Å². The second kappa shape index (κ2) is 6.92. The number of carbonyl (C=O) groups excluding carboxylic acids is 1. The number of aromatic nitrogens is 1. The van der Waals surface area contributed by atoms with Gasteiger partial charge in [0.2, 0.25) is 11.5 Å². The molecule has 22 heavy (non-hydrogen) atoms. The van der Waals surface area contributed by atoms with Gasteiger partial charge < -0.3 is 9.88 Å². The quantitative estimate of drug-likeness (QED) is 0.942. The Morgan fingerprint density at radius 3 is 2.73 bits per heavy atom. The number of H-pyrrole nitrogens is 1. The molecule has 4 nitrogen and oxygen atoms in total. The molecule has 0 bridgehead atoms. The third-order valence-corrected chi connectivity index (χ3v) is 5.12. The second-order valence-electron chi connectivity index (χ2n) is 5.85. The first-order valence-corrected chi connectivity index (χ1v) is 8.56. The van der Waals surface area contributed by atoms with E-state index in [1.54, 1.807) is 23.6 Å². The smallest absolute Gasteiger partial charge is 0.247 e. The molecule has 0 aliphatic carbocycles. The van der Waals surface area contributed by atoms with Gasteiger partial charge in [0.05, 0.1) is 6.42 Å². The minimum Gasteiger partial charge on any atom is -0.342 e. The fraction of sp³-hybridized carbons (Fsp3) is 0.412. The predicted molar refractivity (Wildman–Crippen MR) is 88.1 cm³/mol. The Balaban J connectivity index is 1.48. The van der Waals surface area contributed by atoms with E-state index >= 15 is 0 Å². The largest absolute Gasteiger partial charge is 0.342 e. The first kappa shape index (κ1) is 15.0. The molecular weight excluding hydrogens is 296 g/mol. The average Bonchev–Trinajstić information content (AvgIpc) is 3.03. The Bertz CT molecular complexity index is 650. The van der Waals surface area contributed by atoms with Gasteiger partial charge in [-0.25, -0.2) is 0 Å². The van der Waals surface area contributed by atoms with E-state index in [4.69, 9.17) is 0 Å². The first-order chi connectivity index (χ1) is 10.7. The second-order valence-corrected chi connectivity index (χ2v) is 6.88. The van der Waals surface area contributed by atoms with Gasteiger partial charge in [0.25, 0.3) is 0 Å². The third-order valence-electron chi connectivity index (χ3n) is 4.25. The van der Waals surface area contributed by atoms with E-state index in [9.17, 15) is 9.59 Å². The molecular formula is C17H20N2O2S. The molecule has 1 fully saturated rings. The van der Waals surface area contributed by atoms with E-state index in [0.29, 0.717) is 12.3 Å². The highest BCUT2D eigenvalue weighted by Crippen LogP contribution is 2.22. The van der Waals surface area contributed by atoms with Crippen molar-refractivity contribution in [3.63, 3.8) is 0 Å². The van der Waals surface area contributed by atoms with Crippen LogP contribution in [0.3, 0.4) is 0 Å². The molecule has 1 saturated heterocycles. The van der Waals surface area contributed by atoms with Crippen LogP contribution in [-0.4, -0.2) is 28.9 Å². The lowest BCUT2D eigenvalue weighted by molar-refractivity contribution is -0.131. The number of carbonyl (C=O) groups is 1. The van der Waals surface area contributed by atoms with Crippen molar-refractivity contribution < 1.29 is 4.79 Å². The van der Waals surface area contributed by atoms with Gasteiger partial charge in [-0.15, -0.1) is 11.3 Å². The van der Waals surface area contributed by atoms with Gasteiger partial charge in [-0.1, -0.05) is 12.1 Å². The molecule has 1 amide bonds. The Hall–Kier alpha value is -1.88. The maximum atomic E-state index is 12.3. The minimum atomic E-state index is -0.0576. The van der Waals surface area contributed by atoms with Crippen LogP contribution in [0.15, 0.2) is 40.6 Å². The number of hydrogen-bond acceptors (Lipinski definition) is 3. The van der Waals surface area contributed by atoms with Crippen LogP contribution < -0.4 is 5.56 Å². The number of likely N-dealkylation sites (tertiary alicyclic amines) is 1. The zero-order valence-corrected chi connectivity index (χ0v) is 13.3. The van der Waals surface area contributed by atoms with E-state index in [-0.39, 0.29) is 11.5 Å². The summed E-state index contributed by atoms with van der Waals surface area (Å²) >= 11 is 1.64. The van der Waals surface area contributed by atoms with Gasteiger partial charge in [-0.3, -0.25) is 9.59 Å². The molecule has 1 aliphatic heterocycles. The van der Waals surface area contributed by atoms with Gasteiger partial charge in [-0.05, 0) is 42.2 Å². The molecule has 0 saturated carbocycles. The summed E-state index contributed by atoms with van der Waals surface area (Å²) in [5.74, 6) is 0.835. The normalized spacial score (nSPS) is 15.9. The SMILES string of the molecule is O=C(Cc1cccs1)N1CCC(Cc2ccc(=O)[nH]c2)CC1. The lowest BCUT2D eigenvalue weighted by Crippen LogP contribution is -2.39. The van der Waals surface area contributed by atoms with Crippen LogP contribution in [0.5, 0.6) is 0 Å². The highest BCUT2D eigenvalue weighted by molar-refractivity contribution is 7.10. The highest BCUT2D eigenvalue weighted by Gasteiger charge is 2.23. The molecule has 2 aromatic rings. The number of aromatic amines is 1. The maximum absolute atomic E-state index is 12.3. The van der Waals surface area contributed by atoms with E-state index in [1.165, 1.54) is 5.56 Å². The molecule has 0 aromatic carbocycles. The van der Waals surface area contributed by atoms with E-state index in [0.717, 1.165) is 37.2 Å². The minimum absolute atomic E-state index is 0.0576. The molecule has 5 heteroatoms. The Labute approximate surface area is 133 Å². The lowest BCUT2D eigenvalue weighted by atomic mass is 9.90. The lowest BCUT2D eigenvalue weighted by Gasteiger charge is -2.32. The molecule has 0 unspecified atom stereocenters. The molecule has 1 N–H and O–H groups in total. The molecule has 116 valence electrons. The van der Waals surface area contributed by atoms with E-state index in [2.05, 4.69) is 4.98 Å². The number of amides is 1. The molecule has 3 rings (SSSR count). The van der Waals surface area contributed by atoms with Crippen molar-refractivity contribution in [2.75, 3.05) is 13.1 Å². The number of piperidine rings is 1. The van der Waals surface area contributed by atoms with Crippen molar-refractivity contribution in [2.45, 2.75) is 25.7 Å².